The van der Waals surface area contributed by atoms with Gasteiger partial charge in [0.25, 0.3) is 5.56 Å². The molecule has 1 aromatic carbocycles. The van der Waals surface area contributed by atoms with Crippen LogP contribution in [0.1, 0.15) is 11.3 Å². The van der Waals surface area contributed by atoms with Crippen molar-refractivity contribution in [3.8, 4) is 5.75 Å². The molecule has 2 heterocycles. The summed E-state index contributed by atoms with van der Waals surface area (Å²) in [5.41, 5.74) is 0.750. The van der Waals surface area contributed by atoms with E-state index in [2.05, 4.69) is 29.6 Å². The minimum absolute atomic E-state index is 0.0871. The SMILES string of the molecule is O=c1[nH]c2nonc2nc1Cc1ccc(OCC(F)(F)F)cc1. The van der Waals surface area contributed by atoms with Crippen LogP contribution in [0.4, 0.5) is 13.2 Å². The molecule has 0 aliphatic carbocycles. The van der Waals surface area contributed by atoms with Crippen LogP contribution in [0, 0.1) is 0 Å². The Labute approximate surface area is 126 Å². The summed E-state index contributed by atoms with van der Waals surface area (Å²) in [6.07, 6.45) is -4.21. The molecule has 0 aliphatic heterocycles. The van der Waals surface area contributed by atoms with E-state index in [1.165, 1.54) is 12.1 Å². The Morgan fingerprint density at radius 3 is 2.61 bits per heavy atom. The van der Waals surface area contributed by atoms with Gasteiger partial charge in [0.1, 0.15) is 11.4 Å². The van der Waals surface area contributed by atoms with Crippen LogP contribution >= 0.6 is 0 Å². The maximum Gasteiger partial charge on any atom is 0.422 e. The lowest BCUT2D eigenvalue weighted by Gasteiger charge is -2.09. The Hall–Kier alpha value is -2.91. The van der Waals surface area contributed by atoms with Crippen LogP contribution < -0.4 is 10.3 Å². The number of nitrogens with one attached hydrogen (secondary N) is 1. The Bertz CT molecular complexity index is 871. The molecule has 0 aliphatic rings. The quantitative estimate of drug-likeness (QED) is 0.786. The van der Waals surface area contributed by atoms with E-state index in [0.29, 0.717) is 5.56 Å². The molecule has 7 nitrogen and oxygen atoms in total. The van der Waals surface area contributed by atoms with Gasteiger partial charge in [-0.05, 0) is 28.0 Å². The van der Waals surface area contributed by atoms with Crippen molar-refractivity contribution in [1.82, 2.24) is 20.3 Å². The molecular formula is C13H9F3N4O3. The maximum atomic E-state index is 12.1. The van der Waals surface area contributed by atoms with Crippen LogP contribution in [0.3, 0.4) is 0 Å². The first-order valence-corrected chi connectivity index (χ1v) is 6.41. The van der Waals surface area contributed by atoms with E-state index in [0.717, 1.165) is 0 Å². The molecule has 0 bridgehead atoms. The topological polar surface area (TPSA) is 93.9 Å². The summed E-state index contributed by atoms with van der Waals surface area (Å²) in [6.45, 7) is -1.36. The van der Waals surface area contributed by atoms with E-state index in [9.17, 15) is 18.0 Å². The fourth-order valence-corrected chi connectivity index (χ4v) is 1.88. The minimum atomic E-state index is -4.39. The van der Waals surface area contributed by atoms with Gasteiger partial charge in [-0.25, -0.2) is 9.61 Å². The Morgan fingerprint density at radius 2 is 1.91 bits per heavy atom. The summed E-state index contributed by atoms with van der Waals surface area (Å²) in [7, 11) is 0. The highest BCUT2D eigenvalue weighted by molar-refractivity contribution is 5.62. The van der Waals surface area contributed by atoms with Crippen LogP contribution in [0.15, 0.2) is 33.7 Å². The van der Waals surface area contributed by atoms with E-state index in [1.54, 1.807) is 12.1 Å². The third-order valence-corrected chi connectivity index (χ3v) is 2.90. The average Bonchev–Trinajstić information content (AvgIpc) is 2.93. The first kappa shape index (κ1) is 15.0. The van der Waals surface area contributed by atoms with Gasteiger partial charge in [-0.2, -0.15) is 13.2 Å². The van der Waals surface area contributed by atoms with Crippen molar-refractivity contribution in [3.63, 3.8) is 0 Å². The third kappa shape index (κ3) is 3.65. The normalized spacial score (nSPS) is 11.8. The number of H-pyrrole nitrogens is 1. The van der Waals surface area contributed by atoms with E-state index in [1.807, 2.05) is 0 Å². The number of nitrogens with zero attached hydrogens (tertiary/aromatic N) is 3. The molecule has 3 aromatic rings. The number of hydrogen-bond donors (Lipinski definition) is 1. The van der Waals surface area contributed by atoms with Gasteiger partial charge in [-0.15, -0.1) is 0 Å². The molecule has 0 fully saturated rings. The smallest absolute Gasteiger partial charge is 0.422 e. The number of aromatic nitrogens is 4. The number of aromatic amines is 1. The van der Waals surface area contributed by atoms with Crippen LogP contribution in [0.5, 0.6) is 5.75 Å². The van der Waals surface area contributed by atoms with Gasteiger partial charge < -0.3 is 4.74 Å². The Kier molecular flexibility index (Phi) is 3.72. The zero-order valence-corrected chi connectivity index (χ0v) is 11.4. The molecule has 120 valence electrons. The lowest BCUT2D eigenvalue weighted by Crippen LogP contribution is -2.19. The van der Waals surface area contributed by atoms with Crippen molar-refractivity contribution in [1.29, 1.82) is 0 Å². The van der Waals surface area contributed by atoms with E-state index in [4.69, 9.17) is 0 Å². The summed E-state index contributed by atoms with van der Waals surface area (Å²) in [4.78, 5) is 18.3. The van der Waals surface area contributed by atoms with Crippen LogP contribution in [0.2, 0.25) is 0 Å². The van der Waals surface area contributed by atoms with Crippen molar-refractivity contribution < 1.29 is 22.5 Å². The molecule has 3 rings (SSSR count). The molecule has 0 atom stereocenters. The molecule has 0 amide bonds. The van der Waals surface area contributed by atoms with Gasteiger partial charge in [-0.1, -0.05) is 12.1 Å². The summed E-state index contributed by atoms with van der Waals surface area (Å²) in [5, 5.41) is 7.00. The van der Waals surface area contributed by atoms with Crippen molar-refractivity contribution in [2.75, 3.05) is 6.61 Å². The molecule has 1 N–H and O–H groups in total. The molecular weight excluding hydrogens is 317 g/mol. The van der Waals surface area contributed by atoms with E-state index < -0.39 is 18.3 Å². The number of halogens is 3. The van der Waals surface area contributed by atoms with Crippen molar-refractivity contribution in [3.05, 3.63) is 45.9 Å². The fraction of sp³-hybridized carbons (Fsp3) is 0.231. The number of rotatable bonds is 4. The zero-order chi connectivity index (χ0) is 16.4. The molecule has 0 saturated carbocycles. The first-order valence-electron chi connectivity index (χ1n) is 6.41. The van der Waals surface area contributed by atoms with Gasteiger partial charge in [-0.3, -0.25) is 9.78 Å². The highest BCUT2D eigenvalue weighted by atomic mass is 19.4. The van der Waals surface area contributed by atoms with Crippen molar-refractivity contribution >= 4 is 11.3 Å². The van der Waals surface area contributed by atoms with E-state index >= 15 is 0 Å². The maximum absolute atomic E-state index is 12.1. The van der Waals surface area contributed by atoms with Gasteiger partial charge in [0.2, 0.25) is 11.3 Å². The standard InChI is InChI=1S/C13H9F3N4O3/c14-13(15,16)6-22-8-3-1-7(2-4-8)5-9-12(21)18-11-10(17-9)19-23-20-11/h1-4H,5-6H2,(H,18,20,21). The summed E-state index contributed by atoms with van der Waals surface area (Å²) < 4.78 is 45.3. The number of benzene rings is 1. The van der Waals surface area contributed by atoms with Gasteiger partial charge >= 0.3 is 6.18 Å². The second kappa shape index (κ2) is 5.71. The zero-order valence-electron chi connectivity index (χ0n) is 11.4. The monoisotopic (exact) mass is 326 g/mol. The Balaban J connectivity index is 1.74. The van der Waals surface area contributed by atoms with Crippen LogP contribution in [-0.2, 0) is 6.42 Å². The molecule has 0 saturated heterocycles. The first-order chi connectivity index (χ1) is 10.9. The lowest BCUT2D eigenvalue weighted by atomic mass is 10.1. The third-order valence-electron chi connectivity index (χ3n) is 2.90. The Morgan fingerprint density at radius 1 is 1.17 bits per heavy atom. The number of alkyl halides is 3. The molecule has 0 unspecified atom stereocenters. The van der Waals surface area contributed by atoms with Gasteiger partial charge in [0.05, 0.1) is 0 Å². The molecule has 0 radical (unpaired) electrons. The fourth-order valence-electron chi connectivity index (χ4n) is 1.88. The van der Waals surface area contributed by atoms with Crippen LogP contribution in [0.25, 0.3) is 11.3 Å². The highest BCUT2D eigenvalue weighted by Crippen LogP contribution is 2.19. The summed E-state index contributed by atoms with van der Waals surface area (Å²) in [6, 6.07) is 5.90. The predicted molar refractivity (Wildman–Crippen MR) is 71.0 cm³/mol. The predicted octanol–water partition coefficient (Wildman–Crippen LogP) is 1.84. The van der Waals surface area contributed by atoms with Crippen molar-refractivity contribution in [2.24, 2.45) is 0 Å². The number of ether oxygens (including phenoxy) is 1. The van der Waals surface area contributed by atoms with Crippen molar-refractivity contribution in [2.45, 2.75) is 12.6 Å². The van der Waals surface area contributed by atoms with Crippen LogP contribution in [-0.4, -0.2) is 33.1 Å². The average molecular weight is 326 g/mol. The second-order valence-corrected chi connectivity index (χ2v) is 4.67. The summed E-state index contributed by atoms with van der Waals surface area (Å²) in [5.74, 6) is 0.0871. The largest absolute Gasteiger partial charge is 0.484 e. The molecule has 0 spiro atoms. The molecule has 23 heavy (non-hydrogen) atoms. The van der Waals surface area contributed by atoms with Gasteiger partial charge in [0.15, 0.2) is 6.61 Å². The number of fused-ring (bicyclic) bond motifs is 1. The highest BCUT2D eigenvalue weighted by Gasteiger charge is 2.28. The van der Waals surface area contributed by atoms with E-state index in [-0.39, 0.29) is 29.2 Å². The molecule has 2 aromatic heterocycles. The van der Waals surface area contributed by atoms with Gasteiger partial charge in [0, 0.05) is 6.42 Å². The lowest BCUT2D eigenvalue weighted by molar-refractivity contribution is -0.153. The number of hydrogen-bond acceptors (Lipinski definition) is 6. The molecule has 10 heteroatoms. The minimum Gasteiger partial charge on any atom is -0.484 e. The summed E-state index contributed by atoms with van der Waals surface area (Å²) >= 11 is 0. The second-order valence-electron chi connectivity index (χ2n) is 4.67.